The van der Waals surface area contributed by atoms with Crippen molar-refractivity contribution in [2.24, 2.45) is 0 Å². The third kappa shape index (κ3) is 4.30. The van der Waals surface area contributed by atoms with Gasteiger partial charge in [-0.25, -0.2) is 4.79 Å². The summed E-state index contributed by atoms with van der Waals surface area (Å²) in [6.45, 7) is 0. The monoisotopic (exact) mass is 422 g/mol. The van der Waals surface area contributed by atoms with Crippen molar-refractivity contribution in [3.63, 3.8) is 0 Å². The quantitative estimate of drug-likeness (QED) is 0.514. The summed E-state index contributed by atoms with van der Waals surface area (Å²) in [4.78, 5) is 24.0. The molecule has 0 spiro atoms. The number of benzene rings is 3. The Morgan fingerprint density at radius 2 is 1.52 bits per heavy atom. The molecule has 3 aromatic rings. The summed E-state index contributed by atoms with van der Waals surface area (Å²) in [5, 5.41) is 20.3. The van der Waals surface area contributed by atoms with Crippen LogP contribution in [0.1, 0.15) is 31.8 Å². The Kier molecular flexibility index (Phi) is 5.47. The number of hydrogen-bond donors (Lipinski definition) is 3. The Morgan fingerprint density at radius 1 is 0.852 bits per heavy atom. The predicted octanol–water partition coefficient (Wildman–Crippen LogP) is 4.82. The average molecular weight is 423 g/mol. The first kappa shape index (κ1) is 18.5. The fraction of sp³-hybridized carbons (Fsp3) is 0. The van der Waals surface area contributed by atoms with E-state index in [1.54, 1.807) is 30.3 Å². The highest BCUT2D eigenvalue weighted by atomic mass is 79.9. The van der Waals surface area contributed by atoms with E-state index < -0.39 is 11.9 Å². The number of carboxylic acids is 1. The number of rotatable bonds is 5. The molecule has 0 saturated heterocycles. The number of hydrogen-bond acceptors (Lipinski definition) is 3. The van der Waals surface area contributed by atoms with Gasteiger partial charge in [0.05, 0.1) is 17.0 Å². The maximum atomic E-state index is 12.6. The first-order valence-electron chi connectivity index (χ1n) is 8.04. The molecule has 5 nitrogen and oxygen atoms in total. The molecule has 27 heavy (non-hydrogen) atoms. The van der Waals surface area contributed by atoms with Gasteiger partial charge in [0.1, 0.15) is 0 Å². The number of amides is 1. The van der Waals surface area contributed by atoms with Crippen molar-refractivity contribution in [3.05, 3.63) is 99.5 Å². The molecule has 0 heterocycles. The van der Waals surface area contributed by atoms with Crippen molar-refractivity contribution in [1.82, 2.24) is 0 Å². The third-order valence-corrected chi connectivity index (χ3v) is 4.43. The van der Waals surface area contributed by atoms with E-state index in [0.29, 0.717) is 21.3 Å². The second kappa shape index (κ2) is 7.97. The SMILES string of the molecule is N=C(c1ccccc1)c1cccc(C(=O)Nc2ccc(Br)cc2C(=O)O)c1. The lowest BCUT2D eigenvalue weighted by Gasteiger charge is -2.10. The van der Waals surface area contributed by atoms with Crippen LogP contribution in [0.5, 0.6) is 0 Å². The maximum absolute atomic E-state index is 12.6. The van der Waals surface area contributed by atoms with Crippen molar-refractivity contribution in [2.75, 3.05) is 5.32 Å². The lowest BCUT2D eigenvalue weighted by molar-refractivity contribution is 0.0698. The van der Waals surface area contributed by atoms with Crippen LogP contribution < -0.4 is 5.32 Å². The van der Waals surface area contributed by atoms with Crippen LogP contribution >= 0.6 is 15.9 Å². The van der Waals surface area contributed by atoms with Crippen LogP contribution in [0.4, 0.5) is 5.69 Å². The molecule has 3 N–H and O–H groups in total. The third-order valence-electron chi connectivity index (χ3n) is 3.94. The number of carbonyl (C=O) groups excluding carboxylic acids is 1. The molecule has 134 valence electrons. The average Bonchev–Trinajstić information content (AvgIpc) is 2.69. The number of nitrogens with one attached hydrogen (secondary N) is 2. The standard InChI is InChI=1S/C21H15BrN2O3/c22-16-9-10-18(17(12-16)21(26)27)24-20(25)15-8-4-7-14(11-15)19(23)13-5-2-1-3-6-13/h1-12,23H,(H,24,25)(H,26,27). The zero-order chi connectivity index (χ0) is 19.4. The van der Waals surface area contributed by atoms with Gasteiger partial charge in [-0.1, -0.05) is 58.4 Å². The van der Waals surface area contributed by atoms with Gasteiger partial charge >= 0.3 is 5.97 Å². The predicted molar refractivity (Wildman–Crippen MR) is 108 cm³/mol. The molecule has 3 aromatic carbocycles. The van der Waals surface area contributed by atoms with E-state index in [4.69, 9.17) is 5.41 Å². The summed E-state index contributed by atoms with van der Waals surface area (Å²) in [5.41, 5.74) is 2.19. The number of aromatic carboxylic acids is 1. The summed E-state index contributed by atoms with van der Waals surface area (Å²) in [6.07, 6.45) is 0. The Hall–Kier alpha value is -3.25. The molecule has 0 radical (unpaired) electrons. The van der Waals surface area contributed by atoms with Crippen molar-refractivity contribution in [2.45, 2.75) is 0 Å². The highest BCUT2D eigenvalue weighted by Gasteiger charge is 2.15. The van der Waals surface area contributed by atoms with Gasteiger partial charge in [-0.2, -0.15) is 0 Å². The summed E-state index contributed by atoms with van der Waals surface area (Å²) in [6, 6.07) is 20.5. The van der Waals surface area contributed by atoms with Gasteiger partial charge in [-0.15, -0.1) is 0 Å². The van der Waals surface area contributed by atoms with Crippen molar-refractivity contribution in [1.29, 1.82) is 5.41 Å². The van der Waals surface area contributed by atoms with Gasteiger partial charge in [0.15, 0.2) is 0 Å². The Morgan fingerprint density at radius 3 is 2.22 bits per heavy atom. The van der Waals surface area contributed by atoms with E-state index in [0.717, 1.165) is 5.56 Å². The van der Waals surface area contributed by atoms with E-state index in [1.165, 1.54) is 12.1 Å². The van der Waals surface area contributed by atoms with Gasteiger partial charge in [-0.3, -0.25) is 10.2 Å². The van der Waals surface area contributed by atoms with E-state index >= 15 is 0 Å². The minimum atomic E-state index is -1.13. The first-order chi connectivity index (χ1) is 13.0. The summed E-state index contributed by atoms with van der Waals surface area (Å²) >= 11 is 3.22. The number of carboxylic acid groups (broad SMARTS) is 1. The molecule has 0 saturated carbocycles. The molecule has 0 bridgehead atoms. The second-order valence-electron chi connectivity index (χ2n) is 5.77. The number of halogens is 1. The van der Waals surface area contributed by atoms with E-state index in [9.17, 15) is 14.7 Å². The van der Waals surface area contributed by atoms with Crippen LogP contribution in [0.2, 0.25) is 0 Å². The highest BCUT2D eigenvalue weighted by molar-refractivity contribution is 9.10. The molecule has 0 aliphatic carbocycles. The fourth-order valence-corrected chi connectivity index (χ4v) is 2.95. The topological polar surface area (TPSA) is 90.3 Å². The first-order valence-corrected chi connectivity index (χ1v) is 8.83. The molecule has 0 aromatic heterocycles. The molecule has 3 rings (SSSR count). The molecule has 0 aliphatic rings. The van der Waals surface area contributed by atoms with E-state index in [2.05, 4.69) is 21.2 Å². The van der Waals surface area contributed by atoms with E-state index in [-0.39, 0.29) is 11.3 Å². The molecule has 0 atom stereocenters. The van der Waals surface area contributed by atoms with Gasteiger partial charge in [-0.05, 0) is 35.9 Å². The summed E-state index contributed by atoms with van der Waals surface area (Å²) in [5.74, 6) is -1.58. The van der Waals surface area contributed by atoms with Crippen molar-refractivity contribution < 1.29 is 14.7 Å². The summed E-state index contributed by atoms with van der Waals surface area (Å²) < 4.78 is 0.608. The largest absolute Gasteiger partial charge is 0.478 e. The van der Waals surface area contributed by atoms with Crippen LogP contribution in [0, 0.1) is 5.41 Å². The number of carbonyl (C=O) groups is 2. The van der Waals surface area contributed by atoms with Crippen LogP contribution in [0.3, 0.4) is 0 Å². The molecular formula is C21H15BrN2O3. The van der Waals surface area contributed by atoms with Crippen LogP contribution in [0.15, 0.2) is 77.3 Å². The highest BCUT2D eigenvalue weighted by Crippen LogP contribution is 2.22. The van der Waals surface area contributed by atoms with E-state index in [1.807, 2.05) is 30.3 Å². The van der Waals surface area contributed by atoms with Crippen molar-refractivity contribution >= 4 is 39.2 Å². The minimum Gasteiger partial charge on any atom is -0.478 e. The normalized spacial score (nSPS) is 10.3. The molecule has 0 aliphatic heterocycles. The molecule has 6 heteroatoms. The lowest BCUT2D eigenvalue weighted by Crippen LogP contribution is -2.15. The molecule has 1 amide bonds. The summed E-state index contributed by atoms with van der Waals surface area (Å²) in [7, 11) is 0. The Labute approximate surface area is 164 Å². The molecular weight excluding hydrogens is 408 g/mol. The zero-order valence-electron chi connectivity index (χ0n) is 14.1. The van der Waals surface area contributed by atoms with Gasteiger partial charge in [0.25, 0.3) is 5.91 Å². The zero-order valence-corrected chi connectivity index (χ0v) is 15.7. The van der Waals surface area contributed by atoms with Gasteiger partial charge in [0, 0.05) is 15.6 Å². The van der Waals surface area contributed by atoms with Gasteiger partial charge in [0.2, 0.25) is 0 Å². The fourth-order valence-electron chi connectivity index (χ4n) is 2.58. The molecule has 0 unspecified atom stereocenters. The van der Waals surface area contributed by atoms with Crippen LogP contribution in [0.25, 0.3) is 0 Å². The maximum Gasteiger partial charge on any atom is 0.337 e. The minimum absolute atomic E-state index is 0.00842. The van der Waals surface area contributed by atoms with Crippen molar-refractivity contribution in [3.8, 4) is 0 Å². The smallest absolute Gasteiger partial charge is 0.337 e. The molecule has 0 fully saturated rings. The van der Waals surface area contributed by atoms with Crippen LogP contribution in [-0.2, 0) is 0 Å². The lowest BCUT2D eigenvalue weighted by atomic mass is 10.0. The van der Waals surface area contributed by atoms with Gasteiger partial charge < -0.3 is 10.4 Å². The number of anilines is 1. The second-order valence-corrected chi connectivity index (χ2v) is 6.69. The Balaban J connectivity index is 1.87. The Bertz CT molecular complexity index is 1030. The van der Waals surface area contributed by atoms with Crippen LogP contribution in [-0.4, -0.2) is 22.7 Å².